The Morgan fingerprint density at radius 2 is 1.75 bits per heavy atom. The molecule has 0 spiro atoms. The first-order valence-electron chi connectivity index (χ1n) is 4.26. The van der Waals surface area contributed by atoms with Gasteiger partial charge in [-0.3, -0.25) is 0 Å². The van der Waals surface area contributed by atoms with Crippen molar-refractivity contribution >= 4 is 18.4 Å². The maximum Gasteiger partial charge on any atom is 0.257 e. The van der Waals surface area contributed by atoms with E-state index in [1.807, 2.05) is 26.9 Å². The summed E-state index contributed by atoms with van der Waals surface area (Å²) in [6.45, 7) is 7.63. The largest absolute Gasteiger partial charge is 0.315 e. The molecule has 0 saturated carbocycles. The van der Waals surface area contributed by atoms with Crippen molar-refractivity contribution in [3.63, 3.8) is 0 Å². The van der Waals surface area contributed by atoms with Crippen LogP contribution >= 0.6 is 0 Å². The van der Waals surface area contributed by atoms with Crippen LogP contribution in [0.3, 0.4) is 0 Å². The Balaban J connectivity index is 4.25. The van der Waals surface area contributed by atoms with Crippen LogP contribution in [0.25, 0.3) is 0 Å². The average Bonchev–Trinajstić information content (AvgIpc) is 1.85. The summed E-state index contributed by atoms with van der Waals surface area (Å²) in [5.74, 6) is 0.142. The molecule has 0 unspecified atom stereocenters. The third-order valence-corrected chi connectivity index (χ3v) is 7.09. The lowest BCUT2D eigenvalue weighted by Gasteiger charge is -2.19. The van der Waals surface area contributed by atoms with Gasteiger partial charge in [-0.2, -0.15) is 0 Å². The molecule has 0 radical (unpaired) electrons. The van der Waals surface area contributed by atoms with Crippen molar-refractivity contribution in [1.82, 2.24) is 0 Å². The third-order valence-electron chi connectivity index (χ3n) is 1.66. The second-order valence-electron chi connectivity index (χ2n) is 3.46. The standard InChI is InChI=1S/C7H18O3SSi/c1-5-7-11(8,9)10-12(3,4)6-2/h5-7H2,1-4H3. The van der Waals surface area contributed by atoms with E-state index in [4.69, 9.17) is 3.87 Å². The van der Waals surface area contributed by atoms with E-state index in [9.17, 15) is 8.42 Å². The highest BCUT2D eigenvalue weighted by atomic mass is 32.2. The van der Waals surface area contributed by atoms with Gasteiger partial charge in [-0.25, -0.2) is 8.42 Å². The fraction of sp³-hybridized carbons (Fsp3) is 1.00. The molecule has 0 fully saturated rings. The van der Waals surface area contributed by atoms with Gasteiger partial charge in [0.25, 0.3) is 10.1 Å². The smallest absolute Gasteiger partial charge is 0.257 e. The molecule has 0 amide bonds. The van der Waals surface area contributed by atoms with Crippen LogP contribution in [0.15, 0.2) is 0 Å². The van der Waals surface area contributed by atoms with E-state index in [1.54, 1.807) is 0 Å². The molecule has 0 aliphatic rings. The fourth-order valence-electron chi connectivity index (χ4n) is 0.694. The minimum absolute atomic E-state index is 0.142. The van der Waals surface area contributed by atoms with E-state index in [2.05, 4.69) is 0 Å². The van der Waals surface area contributed by atoms with E-state index >= 15 is 0 Å². The lowest BCUT2D eigenvalue weighted by atomic mass is 10.6. The van der Waals surface area contributed by atoms with Gasteiger partial charge >= 0.3 is 0 Å². The Kier molecular flexibility index (Phi) is 4.43. The van der Waals surface area contributed by atoms with Gasteiger partial charge in [0.1, 0.15) is 0 Å². The van der Waals surface area contributed by atoms with Crippen molar-refractivity contribution in [3.05, 3.63) is 0 Å². The highest BCUT2D eigenvalue weighted by Gasteiger charge is 2.26. The molecular formula is C7H18O3SSi. The van der Waals surface area contributed by atoms with Crippen LogP contribution < -0.4 is 0 Å². The van der Waals surface area contributed by atoms with Gasteiger partial charge in [-0.05, 0) is 25.6 Å². The van der Waals surface area contributed by atoms with Gasteiger partial charge in [0.15, 0.2) is 0 Å². The van der Waals surface area contributed by atoms with Crippen LogP contribution in [-0.2, 0) is 14.0 Å². The molecule has 0 rings (SSSR count). The lowest BCUT2D eigenvalue weighted by molar-refractivity contribution is 0.481. The topological polar surface area (TPSA) is 43.4 Å². The summed E-state index contributed by atoms with van der Waals surface area (Å²) in [7, 11) is -5.18. The molecule has 0 aromatic carbocycles. The third kappa shape index (κ3) is 4.90. The van der Waals surface area contributed by atoms with Gasteiger partial charge in [0.05, 0.1) is 5.75 Å². The van der Waals surface area contributed by atoms with Crippen molar-refractivity contribution in [1.29, 1.82) is 0 Å². The summed E-state index contributed by atoms with van der Waals surface area (Å²) in [4.78, 5) is 0. The molecule has 0 bridgehead atoms. The van der Waals surface area contributed by atoms with Gasteiger partial charge in [0.2, 0.25) is 8.32 Å². The van der Waals surface area contributed by atoms with Crippen LogP contribution in [-0.4, -0.2) is 22.5 Å². The van der Waals surface area contributed by atoms with Crippen molar-refractivity contribution in [2.24, 2.45) is 0 Å². The second-order valence-corrected chi connectivity index (χ2v) is 9.88. The molecule has 0 atom stereocenters. The second kappa shape index (κ2) is 4.39. The zero-order chi connectivity index (χ0) is 9.83. The van der Waals surface area contributed by atoms with Gasteiger partial charge < -0.3 is 3.87 Å². The Hall–Kier alpha value is 0.127. The first kappa shape index (κ1) is 12.1. The van der Waals surface area contributed by atoms with Gasteiger partial charge in [-0.15, -0.1) is 0 Å². The summed E-state index contributed by atoms with van der Waals surface area (Å²) in [5, 5.41) is 0. The predicted molar refractivity (Wildman–Crippen MR) is 53.1 cm³/mol. The Labute approximate surface area is 76.4 Å². The van der Waals surface area contributed by atoms with Crippen molar-refractivity contribution in [3.8, 4) is 0 Å². The minimum Gasteiger partial charge on any atom is -0.315 e. The number of hydrogen-bond donors (Lipinski definition) is 0. The van der Waals surface area contributed by atoms with Crippen LogP contribution in [0.2, 0.25) is 19.1 Å². The van der Waals surface area contributed by atoms with Crippen molar-refractivity contribution in [2.75, 3.05) is 5.75 Å². The van der Waals surface area contributed by atoms with Crippen molar-refractivity contribution < 1.29 is 12.3 Å². The van der Waals surface area contributed by atoms with Crippen LogP contribution in [0.4, 0.5) is 0 Å². The molecule has 0 heterocycles. The summed E-state index contributed by atoms with van der Waals surface area (Å²) in [6, 6.07) is 0.829. The van der Waals surface area contributed by atoms with Crippen LogP contribution in [0.5, 0.6) is 0 Å². The van der Waals surface area contributed by atoms with E-state index in [0.29, 0.717) is 6.42 Å². The molecule has 5 heteroatoms. The molecule has 12 heavy (non-hydrogen) atoms. The van der Waals surface area contributed by atoms with E-state index in [-0.39, 0.29) is 5.75 Å². The lowest BCUT2D eigenvalue weighted by Crippen LogP contribution is -2.33. The first-order valence-corrected chi connectivity index (χ1v) is 8.95. The average molecular weight is 210 g/mol. The predicted octanol–water partition coefficient (Wildman–Crippen LogP) is 1.97. The molecule has 0 saturated heterocycles. The summed E-state index contributed by atoms with van der Waals surface area (Å²) >= 11 is 0. The molecule has 0 aliphatic heterocycles. The first-order chi connectivity index (χ1) is 5.33. The van der Waals surface area contributed by atoms with Crippen LogP contribution in [0.1, 0.15) is 20.3 Å². The van der Waals surface area contributed by atoms with Gasteiger partial charge in [0, 0.05) is 0 Å². The molecule has 0 N–H and O–H groups in total. The number of rotatable bonds is 5. The van der Waals surface area contributed by atoms with E-state index in [0.717, 1.165) is 6.04 Å². The van der Waals surface area contributed by atoms with E-state index in [1.165, 1.54) is 0 Å². The Morgan fingerprint density at radius 3 is 2.08 bits per heavy atom. The zero-order valence-corrected chi connectivity index (χ0v) is 10.1. The maximum absolute atomic E-state index is 11.2. The normalized spacial score (nSPS) is 13.3. The minimum atomic E-state index is -3.24. The molecule has 74 valence electrons. The monoisotopic (exact) mass is 210 g/mol. The number of hydrogen-bond acceptors (Lipinski definition) is 3. The van der Waals surface area contributed by atoms with Gasteiger partial charge in [-0.1, -0.05) is 13.8 Å². The summed E-state index contributed by atoms with van der Waals surface area (Å²) < 4.78 is 27.6. The molecule has 0 aromatic heterocycles. The highest BCUT2D eigenvalue weighted by molar-refractivity contribution is 7.87. The highest BCUT2D eigenvalue weighted by Crippen LogP contribution is 2.14. The summed E-state index contributed by atoms with van der Waals surface area (Å²) in [6.07, 6.45) is 0.622. The zero-order valence-electron chi connectivity index (χ0n) is 8.25. The SMILES string of the molecule is CCCS(=O)(=O)O[Si](C)(C)CC. The Morgan fingerprint density at radius 1 is 1.25 bits per heavy atom. The molecule has 3 nitrogen and oxygen atoms in total. The Bertz CT molecular complexity index is 221. The molecule has 0 aromatic rings. The maximum atomic E-state index is 11.2. The quantitative estimate of drug-likeness (QED) is 0.652. The van der Waals surface area contributed by atoms with E-state index < -0.39 is 18.4 Å². The van der Waals surface area contributed by atoms with Crippen LogP contribution in [0, 0.1) is 0 Å². The summed E-state index contributed by atoms with van der Waals surface area (Å²) in [5.41, 5.74) is 0. The fourth-order valence-corrected chi connectivity index (χ4v) is 4.75. The molecular weight excluding hydrogens is 192 g/mol. The van der Waals surface area contributed by atoms with Crippen molar-refractivity contribution in [2.45, 2.75) is 39.4 Å². The molecule has 0 aliphatic carbocycles.